The Hall–Kier alpha value is -1.59. The number of hydrogen-bond donors (Lipinski definition) is 1. The molecule has 1 aliphatic carbocycles. The number of nitrogens with zero attached hydrogens (tertiary/aromatic N) is 1. The van der Waals surface area contributed by atoms with Gasteiger partial charge in [0.15, 0.2) is 0 Å². The fourth-order valence-corrected chi connectivity index (χ4v) is 4.29. The molecule has 1 heterocycles. The predicted octanol–water partition coefficient (Wildman–Crippen LogP) is 3.71. The third-order valence-corrected chi connectivity index (χ3v) is 5.48. The molecule has 1 saturated heterocycles. The number of piperidine rings is 1. The number of ether oxygens (including phenoxy) is 1. The van der Waals surface area contributed by atoms with Crippen LogP contribution in [-0.2, 0) is 9.53 Å². The number of carbonyl (C=O) groups excluding carboxylic acids is 1. The standard InChI is InChI=1S/C19H27N2O3/c1-14(22)24-19(16-7-4-8-18(11-16)20-23)13-21-10-9-15-5-2-3-6-17(15)12-21/h4,7-8,11,15,17,19-20H,2-3,5-6,9-10,12-13H2,1H3/q-1/t15?,17-,19?/m1/s1. The number of nitrogens with one attached hydrogen (secondary N) is 1. The monoisotopic (exact) mass is 331 g/mol. The van der Waals surface area contributed by atoms with Gasteiger partial charge in [-0.05, 0) is 48.9 Å². The quantitative estimate of drug-likeness (QED) is 0.658. The average Bonchev–Trinajstić information content (AvgIpc) is 2.61. The van der Waals surface area contributed by atoms with E-state index in [-0.39, 0.29) is 12.1 Å². The van der Waals surface area contributed by atoms with Crippen LogP contribution >= 0.6 is 0 Å². The number of hydrogen-bond acceptors (Lipinski definition) is 5. The minimum absolute atomic E-state index is 0.284. The van der Waals surface area contributed by atoms with Gasteiger partial charge >= 0.3 is 5.97 Å². The van der Waals surface area contributed by atoms with E-state index in [1.54, 1.807) is 12.1 Å². The van der Waals surface area contributed by atoms with E-state index in [1.807, 2.05) is 17.6 Å². The Bertz CT molecular complexity index is 563. The van der Waals surface area contributed by atoms with Gasteiger partial charge in [0.25, 0.3) is 0 Å². The second-order valence-electron chi connectivity index (χ2n) is 7.18. The third kappa shape index (κ3) is 4.28. The molecule has 0 radical (unpaired) electrons. The second-order valence-corrected chi connectivity index (χ2v) is 7.18. The summed E-state index contributed by atoms with van der Waals surface area (Å²) >= 11 is 0. The summed E-state index contributed by atoms with van der Waals surface area (Å²) in [6, 6.07) is 7.23. The maximum Gasteiger partial charge on any atom is 0.303 e. The molecule has 1 N–H and O–H groups in total. The number of anilines is 1. The number of esters is 1. The molecule has 1 saturated carbocycles. The Labute approximate surface area is 143 Å². The molecular weight excluding hydrogens is 304 g/mol. The van der Waals surface area contributed by atoms with Gasteiger partial charge < -0.3 is 15.4 Å². The van der Waals surface area contributed by atoms with Gasteiger partial charge in [-0.25, -0.2) is 0 Å². The first kappa shape index (κ1) is 17.2. The van der Waals surface area contributed by atoms with E-state index in [9.17, 15) is 10.0 Å². The van der Waals surface area contributed by atoms with Crippen molar-refractivity contribution >= 4 is 11.7 Å². The lowest BCUT2D eigenvalue weighted by Gasteiger charge is -2.42. The molecule has 3 atom stereocenters. The van der Waals surface area contributed by atoms with Gasteiger partial charge in [-0.1, -0.05) is 31.4 Å². The Kier molecular flexibility index (Phi) is 5.74. The van der Waals surface area contributed by atoms with Crippen LogP contribution in [0.15, 0.2) is 24.3 Å². The zero-order valence-corrected chi connectivity index (χ0v) is 14.4. The van der Waals surface area contributed by atoms with Crippen molar-refractivity contribution in [1.29, 1.82) is 0 Å². The second kappa shape index (κ2) is 7.99. The van der Waals surface area contributed by atoms with Crippen LogP contribution in [0.2, 0.25) is 0 Å². The lowest BCUT2D eigenvalue weighted by Crippen LogP contribution is -2.43. The largest absolute Gasteiger partial charge is 0.761 e. The molecule has 0 amide bonds. The van der Waals surface area contributed by atoms with Crippen molar-refractivity contribution in [2.45, 2.75) is 45.1 Å². The van der Waals surface area contributed by atoms with E-state index in [4.69, 9.17) is 4.74 Å². The fourth-order valence-electron chi connectivity index (χ4n) is 4.29. The summed E-state index contributed by atoms with van der Waals surface area (Å²) in [7, 11) is 0. The van der Waals surface area contributed by atoms with E-state index in [1.165, 1.54) is 39.0 Å². The Balaban J connectivity index is 1.68. The molecule has 1 aromatic carbocycles. The molecule has 3 rings (SSSR count). The molecule has 2 aliphatic rings. The normalized spacial score (nSPS) is 25.6. The Morgan fingerprint density at radius 1 is 1.33 bits per heavy atom. The maximum absolute atomic E-state index is 11.5. The lowest BCUT2D eigenvalue weighted by molar-refractivity contribution is -0.148. The number of benzene rings is 1. The summed E-state index contributed by atoms with van der Waals surface area (Å²) in [6.45, 7) is 4.31. The van der Waals surface area contributed by atoms with E-state index < -0.39 is 0 Å². The average molecular weight is 331 g/mol. The predicted molar refractivity (Wildman–Crippen MR) is 94.4 cm³/mol. The summed E-state index contributed by atoms with van der Waals surface area (Å²) in [5.41, 5.74) is 3.28. The van der Waals surface area contributed by atoms with Crippen LogP contribution in [0.25, 0.3) is 0 Å². The van der Waals surface area contributed by atoms with E-state index in [2.05, 4.69) is 4.90 Å². The first-order chi connectivity index (χ1) is 11.7. The Morgan fingerprint density at radius 3 is 2.88 bits per heavy atom. The van der Waals surface area contributed by atoms with Gasteiger partial charge in [0, 0.05) is 25.7 Å². The molecule has 24 heavy (non-hydrogen) atoms. The van der Waals surface area contributed by atoms with E-state index >= 15 is 0 Å². The maximum atomic E-state index is 11.5. The van der Waals surface area contributed by atoms with Crippen molar-refractivity contribution in [3.8, 4) is 0 Å². The number of carbonyl (C=O) groups is 1. The fraction of sp³-hybridized carbons (Fsp3) is 0.632. The summed E-state index contributed by atoms with van der Waals surface area (Å²) < 4.78 is 5.56. The van der Waals surface area contributed by atoms with E-state index in [0.29, 0.717) is 12.2 Å². The zero-order chi connectivity index (χ0) is 16.9. The van der Waals surface area contributed by atoms with Crippen molar-refractivity contribution in [2.24, 2.45) is 11.8 Å². The summed E-state index contributed by atoms with van der Waals surface area (Å²) in [5.74, 6) is 1.39. The molecular formula is C19H27N2O3-. The number of fused-ring (bicyclic) bond motifs is 1. The minimum atomic E-state index is -0.323. The highest BCUT2D eigenvalue weighted by molar-refractivity contribution is 5.66. The van der Waals surface area contributed by atoms with Crippen LogP contribution in [0.5, 0.6) is 0 Å². The molecule has 2 unspecified atom stereocenters. The van der Waals surface area contributed by atoms with Gasteiger partial charge in [-0.2, -0.15) is 0 Å². The van der Waals surface area contributed by atoms with Crippen molar-refractivity contribution < 1.29 is 9.53 Å². The summed E-state index contributed by atoms with van der Waals surface area (Å²) in [5, 5.41) is 10.9. The first-order valence-corrected chi connectivity index (χ1v) is 9.03. The zero-order valence-electron chi connectivity index (χ0n) is 14.4. The van der Waals surface area contributed by atoms with Crippen molar-refractivity contribution in [3.05, 3.63) is 35.0 Å². The summed E-state index contributed by atoms with van der Waals surface area (Å²) in [6.07, 6.45) is 6.36. The van der Waals surface area contributed by atoms with Crippen LogP contribution in [0.4, 0.5) is 5.69 Å². The molecule has 0 aromatic heterocycles. The molecule has 0 spiro atoms. The van der Waals surface area contributed by atoms with Gasteiger partial charge in [0.05, 0.1) is 0 Å². The molecule has 0 bridgehead atoms. The Morgan fingerprint density at radius 2 is 2.12 bits per heavy atom. The molecule has 1 aliphatic heterocycles. The van der Waals surface area contributed by atoms with Crippen molar-refractivity contribution in [1.82, 2.24) is 4.90 Å². The smallest absolute Gasteiger partial charge is 0.303 e. The first-order valence-electron chi connectivity index (χ1n) is 9.03. The number of rotatable bonds is 5. The van der Waals surface area contributed by atoms with Crippen LogP contribution in [-0.4, -0.2) is 30.5 Å². The van der Waals surface area contributed by atoms with Crippen LogP contribution < -0.4 is 5.48 Å². The number of likely N-dealkylation sites (tertiary alicyclic amines) is 1. The van der Waals surface area contributed by atoms with Crippen LogP contribution in [0.1, 0.15) is 50.7 Å². The SMILES string of the molecule is CC(=O)OC(CN1CCC2CCCC[C@@H]2C1)c1cccc(N[O-])c1. The van der Waals surface area contributed by atoms with Crippen molar-refractivity contribution in [2.75, 3.05) is 25.1 Å². The van der Waals surface area contributed by atoms with Gasteiger partial charge in [0.2, 0.25) is 0 Å². The molecule has 1 aromatic rings. The van der Waals surface area contributed by atoms with Crippen LogP contribution in [0.3, 0.4) is 0 Å². The molecule has 5 heteroatoms. The van der Waals surface area contributed by atoms with Gasteiger partial charge in [0.1, 0.15) is 6.10 Å². The highest BCUT2D eigenvalue weighted by atomic mass is 16.5. The summed E-state index contributed by atoms with van der Waals surface area (Å²) in [4.78, 5) is 14.0. The van der Waals surface area contributed by atoms with Gasteiger partial charge in [-0.3, -0.25) is 9.69 Å². The molecule has 2 fully saturated rings. The topological polar surface area (TPSA) is 64.6 Å². The van der Waals surface area contributed by atoms with Gasteiger partial charge in [-0.15, -0.1) is 0 Å². The highest BCUT2D eigenvalue weighted by Gasteiger charge is 2.32. The molecule has 132 valence electrons. The minimum Gasteiger partial charge on any atom is -0.761 e. The van der Waals surface area contributed by atoms with Crippen molar-refractivity contribution in [3.63, 3.8) is 0 Å². The highest BCUT2D eigenvalue weighted by Crippen LogP contribution is 2.36. The van der Waals surface area contributed by atoms with Crippen LogP contribution in [0, 0.1) is 17.0 Å². The lowest BCUT2D eigenvalue weighted by atomic mass is 9.75. The van der Waals surface area contributed by atoms with E-state index in [0.717, 1.165) is 30.5 Å². The molecule has 5 nitrogen and oxygen atoms in total. The third-order valence-electron chi connectivity index (χ3n) is 5.48.